The molecule has 1 heterocycles. The SMILES string of the molecule is C1CCCC(CNC2CC2)(OCC2CCOC2)CC1. The molecule has 0 amide bonds. The van der Waals surface area contributed by atoms with Gasteiger partial charge in [0.05, 0.1) is 18.8 Å². The number of hydrogen-bond acceptors (Lipinski definition) is 3. The van der Waals surface area contributed by atoms with Crippen molar-refractivity contribution in [3.05, 3.63) is 0 Å². The molecule has 19 heavy (non-hydrogen) atoms. The lowest BCUT2D eigenvalue weighted by Crippen LogP contribution is -2.44. The first kappa shape index (κ1) is 13.8. The van der Waals surface area contributed by atoms with E-state index in [2.05, 4.69) is 5.32 Å². The summed E-state index contributed by atoms with van der Waals surface area (Å²) in [5.74, 6) is 0.640. The van der Waals surface area contributed by atoms with Crippen LogP contribution in [0, 0.1) is 5.92 Å². The second kappa shape index (κ2) is 6.55. The molecule has 1 saturated heterocycles. The first-order valence-electron chi connectivity index (χ1n) is 8.31. The molecule has 0 aromatic carbocycles. The molecular formula is C16H29NO2. The molecule has 2 saturated carbocycles. The second-order valence-electron chi connectivity index (χ2n) is 6.79. The van der Waals surface area contributed by atoms with E-state index in [1.165, 1.54) is 57.8 Å². The van der Waals surface area contributed by atoms with E-state index in [0.717, 1.165) is 32.4 Å². The average molecular weight is 267 g/mol. The van der Waals surface area contributed by atoms with Crippen molar-refractivity contribution in [3.8, 4) is 0 Å². The van der Waals surface area contributed by atoms with Crippen molar-refractivity contribution in [1.29, 1.82) is 0 Å². The largest absolute Gasteiger partial charge is 0.381 e. The zero-order valence-electron chi connectivity index (χ0n) is 12.2. The van der Waals surface area contributed by atoms with Crippen molar-refractivity contribution < 1.29 is 9.47 Å². The van der Waals surface area contributed by atoms with Gasteiger partial charge < -0.3 is 14.8 Å². The number of ether oxygens (including phenoxy) is 2. The van der Waals surface area contributed by atoms with Gasteiger partial charge in [0.2, 0.25) is 0 Å². The van der Waals surface area contributed by atoms with Gasteiger partial charge in [0.15, 0.2) is 0 Å². The fraction of sp³-hybridized carbons (Fsp3) is 1.00. The lowest BCUT2D eigenvalue weighted by atomic mass is 9.93. The molecule has 3 aliphatic rings. The van der Waals surface area contributed by atoms with Crippen LogP contribution in [0.1, 0.15) is 57.8 Å². The summed E-state index contributed by atoms with van der Waals surface area (Å²) in [5.41, 5.74) is 0.127. The van der Waals surface area contributed by atoms with Crippen molar-refractivity contribution in [1.82, 2.24) is 5.32 Å². The minimum absolute atomic E-state index is 0.127. The number of nitrogens with one attached hydrogen (secondary N) is 1. The Morgan fingerprint density at radius 3 is 2.47 bits per heavy atom. The van der Waals surface area contributed by atoms with E-state index in [-0.39, 0.29) is 5.60 Å². The van der Waals surface area contributed by atoms with Crippen molar-refractivity contribution in [2.45, 2.75) is 69.4 Å². The van der Waals surface area contributed by atoms with Crippen LogP contribution >= 0.6 is 0 Å². The second-order valence-corrected chi connectivity index (χ2v) is 6.79. The van der Waals surface area contributed by atoms with E-state index in [0.29, 0.717) is 5.92 Å². The summed E-state index contributed by atoms with van der Waals surface area (Å²) in [6.07, 6.45) is 11.9. The summed E-state index contributed by atoms with van der Waals surface area (Å²) >= 11 is 0. The van der Waals surface area contributed by atoms with Crippen LogP contribution in [0.15, 0.2) is 0 Å². The third-order valence-corrected chi connectivity index (χ3v) is 4.95. The van der Waals surface area contributed by atoms with Crippen LogP contribution < -0.4 is 5.32 Å². The van der Waals surface area contributed by atoms with Crippen LogP contribution in [0.25, 0.3) is 0 Å². The number of rotatable bonds is 6. The summed E-state index contributed by atoms with van der Waals surface area (Å²) in [5, 5.41) is 3.71. The third kappa shape index (κ3) is 4.17. The Bertz CT molecular complexity index is 264. The highest BCUT2D eigenvalue weighted by Gasteiger charge is 2.35. The predicted molar refractivity (Wildman–Crippen MR) is 76.3 cm³/mol. The monoisotopic (exact) mass is 267 g/mol. The van der Waals surface area contributed by atoms with Crippen molar-refractivity contribution in [3.63, 3.8) is 0 Å². The quantitative estimate of drug-likeness (QED) is 0.751. The van der Waals surface area contributed by atoms with E-state index in [1.54, 1.807) is 0 Å². The van der Waals surface area contributed by atoms with Crippen LogP contribution in [-0.2, 0) is 9.47 Å². The minimum Gasteiger partial charge on any atom is -0.381 e. The van der Waals surface area contributed by atoms with Crippen LogP contribution in [0.5, 0.6) is 0 Å². The lowest BCUT2D eigenvalue weighted by Gasteiger charge is -2.34. The van der Waals surface area contributed by atoms with Gasteiger partial charge in [-0.3, -0.25) is 0 Å². The van der Waals surface area contributed by atoms with Gasteiger partial charge in [-0.05, 0) is 32.1 Å². The average Bonchev–Trinajstić information content (AvgIpc) is 3.17. The van der Waals surface area contributed by atoms with E-state index in [9.17, 15) is 0 Å². The van der Waals surface area contributed by atoms with Crippen molar-refractivity contribution >= 4 is 0 Å². The van der Waals surface area contributed by atoms with Gasteiger partial charge >= 0.3 is 0 Å². The topological polar surface area (TPSA) is 30.5 Å². The molecule has 110 valence electrons. The highest BCUT2D eigenvalue weighted by Crippen LogP contribution is 2.32. The maximum absolute atomic E-state index is 6.47. The fourth-order valence-corrected chi connectivity index (χ4v) is 3.37. The normalized spacial score (nSPS) is 31.3. The van der Waals surface area contributed by atoms with E-state index in [1.807, 2.05) is 0 Å². The molecule has 0 aromatic heterocycles. The Kier molecular flexibility index (Phi) is 4.78. The summed E-state index contributed by atoms with van der Waals surface area (Å²) in [6.45, 7) is 3.82. The van der Waals surface area contributed by atoms with Crippen LogP contribution in [0.2, 0.25) is 0 Å². The third-order valence-electron chi connectivity index (χ3n) is 4.95. The van der Waals surface area contributed by atoms with Crippen LogP contribution in [0.4, 0.5) is 0 Å². The molecule has 1 N–H and O–H groups in total. The Hall–Kier alpha value is -0.120. The highest BCUT2D eigenvalue weighted by atomic mass is 16.5. The first-order valence-corrected chi connectivity index (χ1v) is 8.31. The summed E-state index contributed by atoms with van der Waals surface area (Å²) in [7, 11) is 0. The highest BCUT2D eigenvalue weighted by molar-refractivity contribution is 4.90. The van der Waals surface area contributed by atoms with Crippen molar-refractivity contribution in [2.75, 3.05) is 26.4 Å². The minimum atomic E-state index is 0.127. The van der Waals surface area contributed by atoms with E-state index in [4.69, 9.17) is 9.47 Å². The Labute approximate surface area is 117 Å². The Morgan fingerprint density at radius 2 is 1.84 bits per heavy atom. The molecule has 3 nitrogen and oxygen atoms in total. The van der Waals surface area contributed by atoms with Gasteiger partial charge in [-0.1, -0.05) is 25.7 Å². The molecule has 3 heteroatoms. The standard InChI is InChI=1S/C16H29NO2/c1-2-4-9-16(8-3-1,13-17-15-5-6-15)19-12-14-7-10-18-11-14/h14-15,17H,1-13H2. The molecule has 1 aliphatic heterocycles. The zero-order valence-corrected chi connectivity index (χ0v) is 12.2. The van der Waals surface area contributed by atoms with Crippen LogP contribution in [-0.4, -0.2) is 38.0 Å². The van der Waals surface area contributed by atoms with Gasteiger partial charge in [-0.2, -0.15) is 0 Å². The van der Waals surface area contributed by atoms with Gasteiger partial charge in [0.25, 0.3) is 0 Å². The fourth-order valence-electron chi connectivity index (χ4n) is 3.37. The first-order chi connectivity index (χ1) is 9.36. The smallest absolute Gasteiger partial charge is 0.0806 e. The molecule has 0 aromatic rings. The molecule has 1 atom stereocenters. The van der Waals surface area contributed by atoms with Gasteiger partial charge in [0, 0.05) is 25.1 Å². The van der Waals surface area contributed by atoms with E-state index < -0.39 is 0 Å². The van der Waals surface area contributed by atoms with Crippen LogP contribution in [0.3, 0.4) is 0 Å². The molecule has 3 rings (SSSR count). The number of hydrogen-bond donors (Lipinski definition) is 1. The molecular weight excluding hydrogens is 238 g/mol. The molecule has 0 spiro atoms. The molecule has 2 aliphatic carbocycles. The van der Waals surface area contributed by atoms with Gasteiger partial charge in [-0.15, -0.1) is 0 Å². The van der Waals surface area contributed by atoms with Crippen molar-refractivity contribution in [2.24, 2.45) is 5.92 Å². The van der Waals surface area contributed by atoms with Gasteiger partial charge in [-0.25, -0.2) is 0 Å². The van der Waals surface area contributed by atoms with E-state index >= 15 is 0 Å². The maximum Gasteiger partial charge on any atom is 0.0806 e. The molecule has 1 unspecified atom stereocenters. The molecule has 0 radical (unpaired) electrons. The Balaban J connectivity index is 1.52. The summed E-state index contributed by atoms with van der Waals surface area (Å²) in [6, 6.07) is 0.790. The van der Waals surface area contributed by atoms with Gasteiger partial charge in [0.1, 0.15) is 0 Å². The Morgan fingerprint density at radius 1 is 1.05 bits per heavy atom. The lowest BCUT2D eigenvalue weighted by molar-refractivity contribution is -0.0698. The zero-order chi connectivity index (χ0) is 13.0. The summed E-state index contributed by atoms with van der Waals surface area (Å²) < 4.78 is 11.9. The predicted octanol–water partition coefficient (Wildman–Crippen LogP) is 2.88. The molecule has 3 fully saturated rings. The maximum atomic E-state index is 6.47. The molecule has 0 bridgehead atoms. The summed E-state index contributed by atoms with van der Waals surface area (Å²) in [4.78, 5) is 0.